The summed E-state index contributed by atoms with van der Waals surface area (Å²) >= 11 is 1.41. The summed E-state index contributed by atoms with van der Waals surface area (Å²) in [6, 6.07) is 2.98. The lowest BCUT2D eigenvalue weighted by atomic mass is 10.2. The molecule has 0 atom stereocenters. The fourth-order valence-electron chi connectivity index (χ4n) is 1.86. The quantitative estimate of drug-likeness (QED) is 0.640. The number of aldehydes is 1. The molecule has 0 aliphatic heterocycles. The first kappa shape index (κ1) is 13.9. The Morgan fingerprint density at radius 3 is 2.63 bits per heavy atom. The molecule has 102 valence electrons. The summed E-state index contributed by atoms with van der Waals surface area (Å²) < 4.78 is 39.3. The molecule has 0 bridgehead atoms. The molecule has 7 heteroatoms. The lowest BCUT2D eigenvalue weighted by Gasteiger charge is -2.06. The van der Waals surface area contributed by atoms with Gasteiger partial charge in [0.05, 0.1) is 11.0 Å². The van der Waals surface area contributed by atoms with Gasteiger partial charge < -0.3 is 4.57 Å². The summed E-state index contributed by atoms with van der Waals surface area (Å²) in [5.74, 6) is -0.228. The maximum Gasteiger partial charge on any atom is 0.449 e. The number of alkyl halides is 3. The molecule has 0 unspecified atom stereocenters. The summed E-state index contributed by atoms with van der Waals surface area (Å²) in [7, 11) is 1.32. The number of carbonyl (C=O) groups is 1. The van der Waals surface area contributed by atoms with Crippen LogP contribution in [0.5, 0.6) is 0 Å². The molecule has 0 spiro atoms. The van der Waals surface area contributed by atoms with E-state index in [1.54, 1.807) is 6.07 Å². The Bertz CT molecular complexity index is 634. The Morgan fingerprint density at radius 2 is 2.11 bits per heavy atom. The van der Waals surface area contributed by atoms with Crippen molar-refractivity contribution in [1.82, 2.24) is 9.55 Å². The Balaban J connectivity index is 2.71. The summed E-state index contributed by atoms with van der Waals surface area (Å²) in [6.07, 6.45) is -3.87. The first-order valence-corrected chi connectivity index (χ1v) is 6.52. The second-order valence-corrected chi connectivity index (χ2v) is 5.23. The van der Waals surface area contributed by atoms with E-state index in [0.717, 1.165) is 10.3 Å². The third kappa shape index (κ3) is 2.47. The molecule has 0 saturated heterocycles. The number of carbonyl (C=O) groups excluding carboxylic acids is 1. The van der Waals surface area contributed by atoms with E-state index in [0.29, 0.717) is 22.3 Å². The summed E-state index contributed by atoms with van der Waals surface area (Å²) in [5, 5.41) is 0. The number of aryl methyl sites for hydroxylation is 1. The first-order chi connectivity index (χ1) is 8.88. The number of aromatic nitrogens is 2. The van der Waals surface area contributed by atoms with Gasteiger partial charge in [-0.3, -0.25) is 4.79 Å². The van der Waals surface area contributed by atoms with Crippen LogP contribution in [0.2, 0.25) is 0 Å². The minimum Gasteiger partial charge on any atom is -0.323 e. The molecule has 0 N–H and O–H groups in total. The molecule has 3 nitrogen and oxygen atoms in total. The Hall–Kier alpha value is -1.50. The van der Waals surface area contributed by atoms with Gasteiger partial charge in [0.1, 0.15) is 0 Å². The van der Waals surface area contributed by atoms with Crippen molar-refractivity contribution in [2.75, 3.05) is 5.75 Å². The van der Waals surface area contributed by atoms with Crippen molar-refractivity contribution >= 4 is 29.1 Å². The van der Waals surface area contributed by atoms with Crippen LogP contribution in [-0.2, 0) is 13.2 Å². The van der Waals surface area contributed by atoms with Gasteiger partial charge in [0, 0.05) is 17.5 Å². The average Bonchev–Trinajstić information content (AvgIpc) is 2.66. The Morgan fingerprint density at radius 1 is 1.42 bits per heavy atom. The van der Waals surface area contributed by atoms with Gasteiger partial charge in [0.15, 0.2) is 6.29 Å². The van der Waals surface area contributed by atoms with E-state index in [1.807, 2.05) is 6.92 Å². The second-order valence-electron chi connectivity index (χ2n) is 3.92. The Kier molecular flexibility index (Phi) is 3.58. The van der Waals surface area contributed by atoms with Crippen molar-refractivity contribution in [1.29, 1.82) is 0 Å². The number of benzene rings is 1. The van der Waals surface area contributed by atoms with Gasteiger partial charge in [-0.2, -0.15) is 13.2 Å². The van der Waals surface area contributed by atoms with Gasteiger partial charge in [-0.15, -0.1) is 11.8 Å². The van der Waals surface area contributed by atoms with E-state index in [-0.39, 0.29) is 5.52 Å². The number of hydrogen-bond acceptors (Lipinski definition) is 3. The monoisotopic (exact) mass is 288 g/mol. The number of thioether (sulfide) groups is 1. The predicted octanol–water partition coefficient (Wildman–Crippen LogP) is 3.52. The zero-order valence-electron chi connectivity index (χ0n) is 10.3. The van der Waals surface area contributed by atoms with E-state index in [2.05, 4.69) is 4.98 Å². The summed E-state index contributed by atoms with van der Waals surface area (Å²) in [6.45, 7) is 1.91. The third-order valence-electron chi connectivity index (χ3n) is 2.69. The largest absolute Gasteiger partial charge is 0.449 e. The van der Waals surface area contributed by atoms with Crippen LogP contribution >= 0.6 is 11.8 Å². The van der Waals surface area contributed by atoms with Crippen molar-refractivity contribution < 1.29 is 18.0 Å². The third-order valence-corrected chi connectivity index (χ3v) is 3.65. The number of hydrogen-bond donors (Lipinski definition) is 0. The van der Waals surface area contributed by atoms with Crippen LogP contribution in [0, 0.1) is 0 Å². The van der Waals surface area contributed by atoms with Crippen LogP contribution in [0.25, 0.3) is 11.0 Å². The molecule has 0 aliphatic carbocycles. The molecule has 1 heterocycles. The fourth-order valence-corrected chi connectivity index (χ4v) is 2.64. The maximum atomic E-state index is 12.8. The lowest BCUT2D eigenvalue weighted by molar-refractivity contribution is -0.146. The van der Waals surface area contributed by atoms with Gasteiger partial charge in [-0.05, 0) is 17.9 Å². The van der Waals surface area contributed by atoms with Crippen molar-refractivity contribution in [3.63, 3.8) is 0 Å². The molecule has 0 saturated carbocycles. The highest BCUT2D eigenvalue weighted by molar-refractivity contribution is 7.99. The molecular formula is C12H11F3N2OS. The van der Waals surface area contributed by atoms with Gasteiger partial charge in [-0.25, -0.2) is 4.98 Å². The van der Waals surface area contributed by atoms with E-state index in [1.165, 1.54) is 24.9 Å². The van der Waals surface area contributed by atoms with Crippen LogP contribution in [0.15, 0.2) is 17.0 Å². The van der Waals surface area contributed by atoms with Crippen LogP contribution < -0.4 is 0 Å². The molecular weight excluding hydrogens is 277 g/mol. The highest BCUT2D eigenvalue weighted by Crippen LogP contribution is 2.33. The SMILES string of the molecule is CCSc1cc2c(cc1C=O)nc(C(F)(F)F)n2C. The van der Waals surface area contributed by atoms with Gasteiger partial charge in [0.25, 0.3) is 0 Å². The molecule has 0 amide bonds. The van der Waals surface area contributed by atoms with Crippen LogP contribution in [0.3, 0.4) is 0 Å². The number of fused-ring (bicyclic) bond motifs is 1. The van der Waals surface area contributed by atoms with Crippen molar-refractivity contribution in [2.45, 2.75) is 18.0 Å². The van der Waals surface area contributed by atoms with E-state index in [9.17, 15) is 18.0 Å². The number of nitrogens with zero attached hydrogens (tertiary/aromatic N) is 2. The normalized spacial score (nSPS) is 12.1. The molecule has 0 fully saturated rings. The summed E-state index contributed by atoms with van der Waals surface area (Å²) in [5.41, 5.74) is 0.914. The molecule has 1 aromatic carbocycles. The molecule has 2 aromatic rings. The molecule has 19 heavy (non-hydrogen) atoms. The van der Waals surface area contributed by atoms with Gasteiger partial charge >= 0.3 is 6.18 Å². The van der Waals surface area contributed by atoms with Crippen molar-refractivity contribution in [2.24, 2.45) is 7.05 Å². The maximum absolute atomic E-state index is 12.8. The van der Waals surface area contributed by atoms with Crippen molar-refractivity contribution in [3.8, 4) is 0 Å². The molecule has 2 rings (SSSR count). The highest BCUT2D eigenvalue weighted by atomic mass is 32.2. The van der Waals surface area contributed by atoms with Crippen LogP contribution in [0.4, 0.5) is 13.2 Å². The molecule has 0 radical (unpaired) electrons. The number of imidazole rings is 1. The minimum atomic E-state index is -4.51. The number of rotatable bonds is 3. The van der Waals surface area contributed by atoms with Crippen LogP contribution in [-0.4, -0.2) is 21.6 Å². The van der Waals surface area contributed by atoms with Gasteiger partial charge in [-0.1, -0.05) is 6.92 Å². The predicted molar refractivity (Wildman–Crippen MR) is 67.5 cm³/mol. The first-order valence-electron chi connectivity index (χ1n) is 5.54. The second kappa shape index (κ2) is 4.88. The zero-order chi connectivity index (χ0) is 14.2. The van der Waals surface area contributed by atoms with Gasteiger partial charge in [0.2, 0.25) is 5.82 Å². The molecule has 0 aliphatic rings. The number of halogens is 3. The fraction of sp³-hybridized carbons (Fsp3) is 0.333. The van der Waals surface area contributed by atoms with E-state index < -0.39 is 12.0 Å². The van der Waals surface area contributed by atoms with Crippen molar-refractivity contribution in [3.05, 3.63) is 23.5 Å². The Labute approximate surface area is 111 Å². The standard InChI is InChI=1S/C12H11F3N2OS/c1-3-19-10-5-9-8(4-7(10)6-18)16-11(17(9)2)12(13,14)15/h4-6H,3H2,1-2H3. The van der Waals surface area contributed by atoms with Crippen LogP contribution in [0.1, 0.15) is 23.1 Å². The van der Waals surface area contributed by atoms with E-state index in [4.69, 9.17) is 0 Å². The summed E-state index contributed by atoms with van der Waals surface area (Å²) in [4.78, 5) is 15.2. The lowest BCUT2D eigenvalue weighted by Crippen LogP contribution is -2.12. The van der Waals surface area contributed by atoms with E-state index >= 15 is 0 Å². The zero-order valence-corrected chi connectivity index (χ0v) is 11.1. The highest BCUT2D eigenvalue weighted by Gasteiger charge is 2.36. The topological polar surface area (TPSA) is 34.9 Å². The smallest absolute Gasteiger partial charge is 0.323 e. The average molecular weight is 288 g/mol. The minimum absolute atomic E-state index is 0.178. The molecule has 1 aromatic heterocycles.